The van der Waals surface area contributed by atoms with Gasteiger partial charge < -0.3 is 25.4 Å². The fraction of sp³-hybridized carbons (Fsp3) is 0.333. The van der Waals surface area contributed by atoms with Crippen molar-refractivity contribution in [2.24, 2.45) is 0 Å². The van der Waals surface area contributed by atoms with Gasteiger partial charge in [-0.1, -0.05) is 18.2 Å². The number of benzene rings is 2. The van der Waals surface area contributed by atoms with Gasteiger partial charge in [-0.15, -0.1) is 0 Å². The number of nitrogens with one attached hydrogen (secondary N) is 3. The summed E-state index contributed by atoms with van der Waals surface area (Å²) in [4.78, 5) is 24.6. The van der Waals surface area contributed by atoms with Crippen LogP contribution in [-0.2, 0) is 0 Å². The van der Waals surface area contributed by atoms with Crippen molar-refractivity contribution in [2.75, 3.05) is 23.8 Å². The van der Waals surface area contributed by atoms with Gasteiger partial charge in [-0.3, -0.25) is 4.79 Å². The van der Waals surface area contributed by atoms with E-state index in [1.165, 1.54) is 0 Å². The van der Waals surface area contributed by atoms with Crippen molar-refractivity contribution in [2.45, 2.75) is 33.7 Å². The van der Waals surface area contributed by atoms with Crippen LogP contribution in [-0.4, -0.2) is 31.2 Å². The van der Waals surface area contributed by atoms with Gasteiger partial charge in [0.1, 0.15) is 11.5 Å². The third kappa shape index (κ3) is 5.90. The number of carbonyl (C=O) groups excluding carboxylic acids is 2. The number of urea groups is 1. The average Bonchev–Trinajstić information content (AvgIpc) is 2.65. The van der Waals surface area contributed by atoms with Crippen LogP contribution in [0.1, 0.15) is 38.1 Å². The predicted octanol–water partition coefficient (Wildman–Crippen LogP) is 4.27. The maximum atomic E-state index is 12.5. The molecule has 0 aromatic heterocycles. The highest BCUT2D eigenvalue weighted by Gasteiger charge is 2.17. The number of hydrogen-bond acceptors (Lipinski definition) is 4. The zero-order chi connectivity index (χ0) is 20.5. The Morgan fingerprint density at radius 2 is 1.43 bits per heavy atom. The SMILES string of the molecule is CCOc1cc(NC(=O)c2ccccc2)c(OCC)cc1NC(=O)NC(C)C. The Morgan fingerprint density at radius 1 is 0.893 bits per heavy atom. The Morgan fingerprint density at radius 3 is 1.93 bits per heavy atom. The Labute approximate surface area is 165 Å². The van der Waals surface area contributed by atoms with Crippen LogP contribution in [0.4, 0.5) is 16.2 Å². The number of amides is 3. The lowest BCUT2D eigenvalue weighted by Crippen LogP contribution is -2.34. The Kier molecular flexibility index (Phi) is 7.68. The Hall–Kier alpha value is -3.22. The van der Waals surface area contributed by atoms with Crippen molar-refractivity contribution in [3.8, 4) is 11.5 Å². The van der Waals surface area contributed by atoms with Crippen LogP contribution in [0.2, 0.25) is 0 Å². The van der Waals surface area contributed by atoms with E-state index in [-0.39, 0.29) is 18.0 Å². The van der Waals surface area contributed by atoms with Crippen LogP contribution in [0.15, 0.2) is 42.5 Å². The normalized spacial score (nSPS) is 10.3. The van der Waals surface area contributed by atoms with Crippen molar-refractivity contribution in [1.82, 2.24) is 5.32 Å². The van der Waals surface area contributed by atoms with E-state index in [0.717, 1.165) is 0 Å². The molecule has 0 fully saturated rings. The monoisotopic (exact) mass is 385 g/mol. The largest absolute Gasteiger partial charge is 0.492 e. The van der Waals surface area contributed by atoms with E-state index in [2.05, 4.69) is 16.0 Å². The fourth-order valence-electron chi connectivity index (χ4n) is 2.51. The summed E-state index contributed by atoms with van der Waals surface area (Å²) in [5.41, 5.74) is 1.46. The number of ether oxygens (including phenoxy) is 2. The molecule has 2 aromatic carbocycles. The van der Waals surface area contributed by atoms with Crippen LogP contribution in [0.5, 0.6) is 11.5 Å². The summed E-state index contributed by atoms with van der Waals surface area (Å²) < 4.78 is 11.3. The molecule has 3 N–H and O–H groups in total. The summed E-state index contributed by atoms with van der Waals surface area (Å²) in [6.07, 6.45) is 0. The fourth-order valence-corrected chi connectivity index (χ4v) is 2.51. The molecule has 150 valence electrons. The lowest BCUT2D eigenvalue weighted by atomic mass is 10.2. The summed E-state index contributed by atoms with van der Waals surface area (Å²) in [5, 5.41) is 8.39. The number of hydrogen-bond donors (Lipinski definition) is 3. The molecule has 0 heterocycles. The first-order valence-corrected chi connectivity index (χ1v) is 9.32. The molecule has 0 aliphatic rings. The molecular weight excluding hydrogens is 358 g/mol. The minimum Gasteiger partial charge on any atom is -0.492 e. The van der Waals surface area contributed by atoms with Crippen molar-refractivity contribution in [3.63, 3.8) is 0 Å². The molecule has 0 bridgehead atoms. The van der Waals surface area contributed by atoms with Crippen molar-refractivity contribution in [1.29, 1.82) is 0 Å². The molecule has 0 radical (unpaired) electrons. The van der Waals surface area contributed by atoms with Crippen LogP contribution in [0.25, 0.3) is 0 Å². The van der Waals surface area contributed by atoms with Gasteiger partial charge in [-0.2, -0.15) is 0 Å². The van der Waals surface area contributed by atoms with Crippen molar-refractivity contribution in [3.05, 3.63) is 48.0 Å². The molecular formula is C21H27N3O4. The molecule has 0 aliphatic heterocycles. The van der Waals surface area contributed by atoms with Gasteiger partial charge in [0, 0.05) is 23.7 Å². The molecule has 0 aliphatic carbocycles. The molecule has 2 rings (SSSR count). The van der Waals surface area contributed by atoms with E-state index in [0.29, 0.717) is 41.7 Å². The molecule has 7 nitrogen and oxygen atoms in total. The second-order valence-electron chi connectivity index (χ2n) is 6.28. The lowest BCUT2D eigenvalue weighted by molar-refractivity contribution is 0.102. The Balaban J connectivity index is 2.34. The standard InChI is InChI=1S/C21H27N3O4/c1-5-27-18-13-17(24-21(26)22-14(3)4)19(28-6-2)12-16(18)23-20(25)15-10-8-7-9-11-15/h7-14H,5-6H2,1-4H3,(H,23,25)(H2,22,24,26). The smallest absolute Gasteiger partial charge is 0.319 e. The zero-order valence-corrected chi connectivity index (χ0v) is 16.7. The van der Waals surface area contributed by atoms with Crippen LogP contribution < -0.4 is 25.4 Å². The molecule has 0 saturated heterocycles. The third-order valence-electron chi connectivity index (χ3n) is 3.63. The molecule has 3 amide bonds. The topological polar surface area (TPSA) is 88.7 Å². The van der Waals surface area contributed by atoms with E-state index < -0.39 is 0 Å². The maximum Gasteiger partial charge on any atom is 0.319 e. The zero-order valence-electron chi connectivity index (χ0n) is 16.7. The van der Waals surface area contributed by atoms with Gasteiger partial charge in [-0.05, 0) is 39.8 Å². The maximum absolute atomic E-state index is 12.5. The van der Waals surface area contributed by atoms with Gasteiger partial charge in [0.15, 0.2) is 0 Å². The number of anilines is 2. The number of rotatable bonds is 8. The minimum atomic E-state index is -0.348. The molecule has 2 aromatic rings. The van der Waals surface area contributed by atoms with Gasteiger partial charge in [-0.25, -0.2) is 4.79 Å². The highest BCUT2D eigenvalue weighted by atomic mass is 16.5. The van der Waals surface area contributed by atoms with E-state index in [1.54, 1.807) is 36.4 Å². The van der Waals surface area contributed by atoms with E-state index in [4.69, 9.17) is 9.47 Å². The second-order valence-corrected chi connectivity index (χ2v) is 6.28. The van der Waals surface area contributed by atoms with E-state index >= 15 is 0 Å². The first kappa shape index (κ1) is 21.1. The molecule has 28 heavy (non-hydrogen) atoms. The van der Waals surface area contributed by atoms with Gasteiger partial charge in [0.05, 0.1) is 24.6 Å². The first-order chi connectivity index (χ1) is 13.4. The van der Waals surface area contributed by atoms with Crippen molar-refractivity contribution < 1.29 is 19.1 Å². The predicted molar refractivity (Wildman–Crippen MR) is 110 cm³/mol. The van der Waals surface area contributed by atoms with E-state index in [1.807, 2.05) is 33.8 Å². The Bertz CT molecular complexity index is 807. The summed E-state index contributed by atoms with van der Waals surface area (Å²) in [6.45, 7) is 8.24. The second kappa shape index (κ2) is 10.2. The lowest BCUT2D eigenvalue weighted by Gasteiger charge is -2.18. The highest BCUT2D eigenvalue weighted by Crippen LogP contribution is 2.37. The molecule has 0 atom stereocenters. The summed E-state index contributed by atoms with van der Waals surface area (Å²) in [5.74, 6) is 0.616. The molecule has 0 saturated carbocycles. The molecule has 7 heteroatoms. The minimum absolute atomic E-state index is 0.00802. The van der Waals surface area contributed by atoms with Crippen LogP contribution in [0.3, 0.4) is 0 Å². The molecule has 0 spiro atoms. The van der Waals surface area contributed by atoms with Crippen molar-refractivity contribution >= 4 is 23.3 Å². The summed E-state index contributed by atoms with van der Waals surface area (Å²) in [6, 6.07) is 11.8. The highest BCUT2D eigenvalue weighted by molar-refractivity contribution is 6.05. The summed E-state index contributed by atoms with van der Waals surface area (Å²) >= 11 is 0. The summed E-state index contributed by atoms with van der Waals surface area (Å²) in [7, 11) is 0. The van der Waals surface area contributed by atoms with E-state index in [9.17, 15) is 9.59 Å². The van der Waals surface area contributed by atoms with Gasteiger partial charge in [0.25, 0.3) is 5.91 Å². The van der Waals surface area contributed by atoms with Gasteiger partial charge >= 0.3 is 6.03 Å². The van der Waals surface area contributed by atoms with Gasteiger partial charge in [0.2, 0.25) is 0 Å². The van der Waals surface area contributed by atoms with Crippen LogP contribution in [0, 0.1) is 0 Å². The van der Waals surface area contributed by atoms with Crippen LogP contribution >= 0.6 is 0 Å². The quantitative estimate of drug-likeness (QED) is 0.633. The number of carbonyl (C=O) groups is 2. The third-order valence-corrected chi connectivity index (χ3v) is 3.63. The average molecular weight is 385 g/mol. The first-order valence-electron chi connectivity index (χ1n) is 9.32. The molecule has 0 unspecified atom stereocenters.